The van der Waals surface area contributed by atoms with E-state index in [1.165, 1.54) is 4.97 Å². The summed E-state index contributed by atoms with van der Waals surface area (Å²) in [6, 6.07) is 0. The Morgan fingerprint density at radius 2 is 1.00 bits per heavy atom. The molecule has 9 heteroatoms. The third-order valence-electron chi connectivity index (χ3n) is 0.321. The van der Waals surface area contributed by atoms with Crippen molar-refractivity contribution in [2.24, 2.45) is 0 Å². The maximum Gasteiger partial charge on any atom is 0.487 e. The number of alkyl halides is 6. The van der Waals surface area contributed by atoms with Gasteiger partial charge in [0.05, 0.1) is 0 Å². The molecule has 0 atom stereocenters. The summed E-state index contributed by atoms with van der Waals surface area (Å²) in [5.41, 5.74) is 6.64. The summed E-state index contributed by atoms with van der Waals surface area (Å²) in [6.07, 6.45) is -12.1. The lowest BCUT2D eigenvalue weighted by Crippen LogP contribution is -2.30. The highest BCUT2D eigenvalue weighted by molar-refractivity contribution is 4.59. The minimum Gasteiger partial charge on any atom is -0.294 e. The van der Waals surface area contributed by atoms with Gasteiger partial charge in [-0.3, -0.25) is 5.53 Å². The van der Waals surface area contributed by atoms with Crippen molar-refractivity contribution in [1.82, 2.24) is 4.97 Å². The van der Waals surface area contributed by atoms with E-state index in [4.69, 9.17) is 10.4 Å². The summed E-state index contributed by atoms with van der Waals surface area (Å²) in [6.45, 7) is 0. The number of hydrogen-bond donors (Lipinski definition) is 0. The van der Waals surface area contributed by atoms with E-state index in [0.29, 0.717) is 0 Å². The number of halogens is 6. The maximum absolute atomic E-state index is 10.4. The number of rotatable bonds is 0. The molecule has 0 aliphatic rings. The molecule has 0 aliphatic heterocycles. The third-order valence-corrected chi connectivity index (χ3v) is 0.321. The largest absolute Gasteiger partial charge is 0.487 e. The van der Waals surface area contributed by atoms with Crippen molar-refractivity contribution in [2.75, 3.05) is 0 Å². The molecule has 66 valence electrons. The van der Waals surface area contributed by atoms with Crippen LogP contribution in [-0.2, 0) is 0 Å². The summed E-state index contributed by atoms with van der Waals surface area (Å²) >= 11 is 0. The Hall–Kier alpha value is -1.11. The topological polar surface area (TPSA) is 53.5 Å². The van der Waals surface area contributed by atoms with Crippen molar-refractivity contribution in [1.29, 1.82) is 0 Å². The molecule has 0 aliphatic carbocycles. The van der Waals surface area contributed by atoms with Gasteiger partial charge in [0.2, 0.25) is 0 Å². The van der Waals surface area contributed by atoms with E-state index < -0.39 is 12.4 Å². The fourth-order valence-electron chi connectivity index (χ4n) is 0. The summed E-state index contributed by atoms with van der Waals surface area (Å²) in [4.78, 5) is 9.36. The van der Waals surface area contributed by atoms with E-state index in [9.17, 15) is 26.3 Å². The fourth-order valence-corrected chi connectivity index (χ4v) is 0. The Kier molecular flexibility index (Phi) is 4.47. The molecule has 0 unspecified atom stereocenters. The van der Waals surface area contributed by atoms with Crippen LogP contribution in [0, 0.1) is 4.91 Å². The van der Waals surface area contributed by atoms with E-state index in [0.717, 1.165) is 0 Å². The van der Waals surface area contributed by atoms with Crippen LogP contribution in [0.3, 0.4) is 0 Å². The monoisotopic (exact) mass is 182 g/mol. The normalized spacial score (nSPS) is 11.1. The van der Waals surface area contributed by atoms with Crippen molar-refractivity contribution >= 4 is 0 Å². The first-order valence-corrected chi connectivity index (χ1v) is 1.77. The van der Waals surface area contributed by atoms with Gasteiger partial charge < -0.3 is 0 Å². The van der Waals surface area contributed by atoms with Gasteiger partial charge in [0.1, 0.15) is 4.97 Å². The van der Waals surface area contributed by atoms with Crippen molar-refractivity contribution in [3.63, 3.8) is 0 Å². The summed E-state index contributed by atoms with van der Waals surface area (Å²) in [7, 11) is 0. The van der Waals surface area contributed by atoms with Crippen LogP contribution in [0.25, 0.3) is 5.53 Å². The van der Waals surface area contributed by atoms with Crippen molar-refractivity contribution in [3.8, 4) is 0 Å². The first kappa shape index (κ1) is 12.6. The van der Waals surface area contributed by atoms with E-state index in [1.54, 1.807) is 0 Å². The molecule has 0 saturated heterocycles. The highest BCUT2D eigenvalue weighted by atomic mass is 19.5. The molecule has 0 fully saturated rings. The molecule has 3 nitrogen and oxygen atoms in total. The zero-order chi connectivity index (χ0) is 9.71. The SMILES string of the molecule is FC(F)(F)C(F)(F)F.[N-]=[N+]=O. The quantitative estimate of drug-likeness (QED) is 0.321. The van der Waals surface area contributed by atoms with Crippen molar-refractivity contribution in [3.05, 3.63) is 10.4 Å². The Labute approximate surface area is 55.5 Å². The molecule has 0 aromatic rings. The van der Waals surface area contributed by atoms with Crippen LogP contribution in [0.2, 0.25) is 0 Å². The fraction of sp³-hybridized carbons (Fsp3) is 1.00. The van der Waals surface area contributed by atoms with Gasteiger partial charge in [0, 0.05) is 0 Å². The molecule has 0 aromatic heterocycles. The first-order chi connectivity index (χ1) is 4.66. The molecule has 0 aromatic carbocycles. The van der Waals surface area contributed by atoms with E-state index in [1.807, 2.05) is 0 Å². The number of nitroso groups, excluding NO2 is 1. The van der Waals surface area contributed by atoms with Gasteiger partial charge in [0.25, 0.3) is 0 Å². The lowest BCUT2D eigenvalue weighted by Gasteiger charge is -2.08. The number of nitrogens with zero attached hydrogens (tertiary/aromatic N) is 2. The Morgan fingerprint density at radius 3 is 1.00 bits per heavy atom. The summed E-state index contributed by atoms with van der Waals surface area (Å²) in [5.74, 6) is 0. The average molecular weight is 182 g/mol. The molecule has 0 N–H and O–H groups in total. The molecule has 11 heavy (non-hydrogen) atoms. The zero-order valence-electron chi connectivity index (χ0n) is 4.57. The summed E-state index contributed by atoms with van der Waals surface area (Å²) < 4.78 is 62.6. The van der Waals surface area contributed by atoms with Gasteiger partial charge >= 0.3 is 12.4 Å². The lowest BCUT2D eigenvalue weighted by atomic mass is 10.7. The molecule has 0 bridgehead atoms. The summed E-state index contributed by atoms with van der Waals surface area (Å²) in [5, 5.41) is 0. The highest BCUT2D eigenvalue weighted by Gasteiger charge is 2.58. The Balaban J connectivity index is 0. The highest BCUT2D eigenvalue weighted by Crippen LogP contribution is 2.35. The molecule has 0 rings (SSSR count). The Morgan fingerprint density at radius 1 is 0.909 bits per heavy atom. The molecule has 0 amide bonds. The van der Waals surface area contributed by atoms with Crippen LogP contribution in [0.15, 0.2) is 0 Å². The van der Waals surface area contributed by atoms with Gasteiger partial charge in [-0.1, -0.05) is 0 Å². The van der Waals surface area contributed by atoms with Crippen LogP contribution in [0.5, 0.6) is 0 Å². The van der Waals surface area contributed by atoms with Crippen molar-refractivity contribution < 1.29 is 26.3 Å². The van der Waals surface area contributed by atoms with Gasteiger partial charge in [-0.25, -0.2) is 0 Å². The maximum atomic E-state index is 10.4. The first-order valence-electron chi connectivity index (χ1n) is 1.77. The third kappa shape index (κ3) is 6.78. The molecule has 0 radical (unpaired) electrons. The van der Waals surface area contributed by atoms with E-state index in [-0.39, 0.29) is 0 Å². The second kappa shape index (κ2) is 3.91. The van der Waals surface area contributed by atoms with Gasteiger partial charge in [-0.05, 0) is 0 Å². The lowest BCUT2D eigenvalue weighted by molar-refractivity contribution is -0.339. The van der Waals surface area contributed by atoms with Gasteiger partial charge in [0.15, 0.2) is 4.91 Å². The predicted molar refractivity (Wildman–Crippen MR) is 21.0 cm³/mol. The van der Waals surface area contributed by atoms with E-state index >= 15 is 0 Å². The Bertz CT molecular complexity index is 128. The second-order valence-corrected chi connectivity index (χ2v) is 1.08. The molecular weight excluding hydrogens is 182 g/mol. The number of hydrogen-bond acceptors (Lipinski definition) is 1. The zero-order valence-corrected chi connectivity index (χ0v) is 4.57. The standard InChI is InChI=1S/C2F6.N2O/c3-1(4,5)2(6,7)8;1-2-3. The van der Waals surface area contributed by atoms with Crippen LogP contribution >= 0.6 is 0 Å². The minimum absolute atomic E-state index is 1.25. The predicted octanol–water partition coefficient (Wildman–Crippen LogP) is 1.95. The molecule has 0 saturated carbocycles. The van der Waals surface area contributed by atoms with Gasteiger partial charge in [-0.15, -0.1) is 0 Å². The van der Waals surface area contributed by atoms with Crippen LogP contribution in [-0.4, -0.2) is 12.4 Å². The second-order valence-electron chi connectivity index (χ2n) is 1.08. The van der Waals surface area contributed by atoms with Crippen molar-refractivity contribution in [2.45, 2.75) is 12.4 Å². The molecule has 0 heterocycles. The smallest absolute Gasteiger partial charge is 0.294 e. The van der Waals surface area contributed by atoms with Crippen LogP contribution < -0.4 is 4.97 Å². The average Bonchev–Trinajstić information content (AvgIpc) is 1.60. The minimum atomic E-state index is -6.06. The molecule has 0 spiro atoms. The van der Waals surface area contributed by atoms with Crippen LogP contribution in [0.1, 0.15) is 0 Å². The van der Waals surface area contributed by atoms with Crippen LogP contribution in [0.4, 0.5) is 26.3 Å². The van der Waals surface area contributed by atoms with E-state index in [2.05, 4.69) is 0 Å². The van der Waals surface area contributed by atoms with Gasteiger partial charge in [-0.2, -0.15) is 26.3 Å². The molecular formula is C2F6N2O.